The van der Waals surface area contributed by atoms with Crippen LogP contribution in [-0.4, -0.2) is 97.3 Å². The number of nitrogens with zero attached hydrogens (tertiary/aromatic N) is 5. The summed E-state index contributed by atoms with van der Waals surface area (Å²) in [5, 5.41) is 9.65. The van der Waals surface area contributed by atoms with Gasteiger partial charge in [0, 0.05) is 110 Å². The summed E-state index contributed by atoms with van der Waals surface area (Å²) in [6.45, 7) is 14.6. The van der Waals surface area contributed by atoms with E-state index in [1.54, 1.807) is 30.5 Å². The lowest BCUT2D eigenvalue weighted by molar-refractivity contribution is 0.0979. The van der Waals surface area contributed by atoms with Gasteiger partial charge in [-0.1, -0.05) is 43.2 Å². The Morgan fingerprint density at radius 1 is 0.908 bits per heavy atom. The molecule has 0 saturated carbocycles. The van der Waals surface area contributed by atoms with E-state index in [0.29, 0.717) is 5.75 Å². The molecule has 4 aromatic carbocycles. The second-order valence-corrected chi connectivity index (χ2v) is 20.8. The fourth-order valence-electron chi connectivity index (χ4n) is 9.50. The number of halogens is 1. The molecule has 2 fully saturated rings. The van der Waals surface area contributed by atoms with Crippen LogP contribution in [0.15, 0.2) is 120 Å². The van der Waals surface area contributed by atoms with Crippen molar-refractivity contribution in [2.24, 2.45) is 5.41 Å². The molecule has 2 saturated heterocycles. The number of fused-ring (bicyclic) bond motifs is 1. The summed E-state index contributed by atoms with van der Waals surface area (Å²) in [4.78, 5) is 24.6. The number of hydrogen-bond donors (Lipinski definition) is 3. The average Bonchev–Trinajstić information content (AvgIpc) is 4.00. The van der Waals surface area contributed by atoms with E-state index in [0.717, 1.165) is 117 Å². The lowest BCUT2D eigenvalue weighted by atomic mass is 9.72. The minimum atomic E-state index is -4.23. The van der Waals surface area contributed by atoms with Crippen molar-refractivity contribution in [3.05, 3.63) is 137 Å². The number of ether oxygens (including phenoxy) is 1. The average molecular weight is 916 g/mol. The Kier molecular flexibility index (Phi) is 13.1. The van der Waals surface area contributed by atoms with E-state index in [1.807, 2.05) is 78.6 Å². The fourth-order valence-corrected chi connectivity index (χ4v) is 10.7. The zero-order valence-corrected chi connectivity index (χ0v) is 39.1. The van der Waals surface area contributed by atoms with E-state index in [4.69, 9.17) is 16.3 Å². The number of rotatable bonds is 14. The molecule has 12 nitrogen and oxygen atoms in total. The summed E-state index contributed by atoms with van der Waals surface area (Å²) < 4.78 is 38.5. The maximum absolute atomic E-state index is 14.0. The molecule has 2 aromatic heterocycles. The first-order valence-corrected chi connectivity index (χ1v) is 24.7. The highest BCUT2D eigenvalue weighted by molar-refractivity contribution is 7.90. The zero-order chi connectivity index (χ0) is 45.1. The molecule has 340 valence electrons. The first kappa shape index (κ1) is 44.6. The van der Waals surface area contributed by atoms with Gasteiger partial charge in [0.05, 0.1) is 17.0 Å². The van der Waals surface area contributed by atoms with Gasteiger partial charge in [-0.05, 0) is 134 Å². The minimum Gasteiger partial charge on any atom is -0.456 e. The van der Waals surface area contributed by atoms with Crippen molar-refractivity contribution < 1.29 is 17.9 Å². The van der Waals surface area contributed by atoms with Gasteiger partial charge in [0.2, 0.25) is 0 Å². The molecule has 1 amide bonds. The minimum absolute atomic E-state index is 0.0187. The third kappa shape index (κ3) is 10.8. The molecule has 6 aromatic rings. The fraction of sp³-hybridized carbons (Fsp3) is 0.373. The first-order valence-electron chi connectivity index (χ1n) is 22.8. The van der Waals surface area contributed by atoms with Gasteiger partial charge in [-0.3, -0.25) is 14.4 Å². The molecule has 3 aliphatic rings. The second-order valence-electron chi connectivity index (χ2n) is 18.6. The molecule has 0 radical (unpaired) electrons. The van der Waals surface area contributed by atoms with E-state index in [2.05, 4.69) is 60.8 Å². The smallest absolute Gasteiger partial charge is 0.268 e. The van der Waals surface area contributed by atoms with Crippen molar-refractivity contribution in [1.82, 2.24) is 29.3 Å². The van der Waals surface area contributed by atoms with Crippen molar-refractivity contribution >= 4 is 55.4 Å². The van der Waals surface area contributed by atoms with Gasteiger partial charge >= 0.3 is 0 Å². The van der Waals surface area contributed by atoms with Gasteiger partial charge in [-0.15, -0.1) is 0 Å². The number of carbonyl (C=O) groups excluding carboxylic acids is 1. The SMILES string of the molecule is Cc1cc(S(=O)(=O)NC(=O)c2ccc(N3CCN(CC4=C(c5ccc(Cl)cc5)CC(C)(C)CC4)CC3)cc2Oc2ccc3[nH]ccc3c2)ccc1NC1CCN(CCn2cccn2)CC1. The quantitative estimate of drug-likeness (QED) is 0.0980. The molecular formula is C51H59ClN8O4S. The predicted molar refractivity (Wildman–Crippen MR) is 261 cm³/mol. The van der Waals surface area contributed by atoms with Crippen molar-refractivity contribution in [1.29, 1.82) is 0 Å². The summed E-state index contributed by atoms with van der Waals surface area (Å²) in [6.07, 6.45) is 10.9. The van der Waals surface area contributed by atoms with Crippen molar-refractivity contribution in [2.45, 2.75) is 70.4 Å². The van der Waals surface area contributed by atoms with Gasteiger partial charge in [-0.2, -0.15) is 5.10 Å². The number of aryl methyl sites for hydroxylation is 1. The molecule has 14 heteroatoms. The molecule has 1 aliphatic carbocycles. The van der Waals surface area contributed by atoms with Crippen LogP contribution in [0.1, 0.15) is 67.4 Å². The van der Waals surface area contributed by atoms with Crippen LogP contribution in [-0.2, 0) is 16.6 Å². The molecule has 65 heavy (non-hydrogen) atoms. The number of benzene rings is 4. The largest absolute Gasteiger partial charge is 0.456 e. The Balaban J connectivity index is 0.874. The summed E-state index contributed by atoms with van der Waals surface area (Å²) in [6, 6.07) is 28.5. The van der Waals surface area contributed by atoms with E-state index in [1.165, 1.54) is 23.1 Å². The third-order valence-corrected chi connectivity index (χ3v) is 15.0. The van der Waals surface area contributed by atoms with E-state index >= 15 is 0 Å². The highest BCUT2D eigenvalue weighted by atomic mass is 35.5. The number of H-pyrrole nitrogens is 1. The molecule has 3 N–H and O–H groups in total. The zero-order valence-electron chi connectivity index (χ0n) is 37.5. The van der Waals surface area contributed by atoms with Crippen molar-refractivity contribution in [2.75, 3.05) is 62.6 Å². The van der Waals surface area contributed by atoms with Crippen molar-refractivity contribution in [3.8, 4) is 11.5 Å². The van der Waals surface area contributed by atoms with Gasteiger partial charge in [-0.25, -0.2) is 13.1 Å². The standard InChI is InChI=1S/C51H59ClN8O4S/c1-36-31-44(11-14-47(36)55-41-17-23-57(24-18-41)27-30-60-22-4-20-54-60)65(62,63)56-50(61)45-12-9-42(33-49(45)64-43-10-13-48-38(32-43)16-21-53-48)59-28-25-58(26-29-59)35-39-15-19-51(2,3)34-46(39)37-5-7-40(52)8-6-37/h4-14,16,20-22,31-33,41,53,55H,15,17-19,23-30,34-35H2,1-3H3,(H,56,61). The Hall–Kier alpha value is -5.60. The van der Waals surface area contributed by atoms with Crippen LogP contribution < -0.4 is 19.7 Å². The number of piperazine rings is 1. The van der Waals surface area contributed by atoms with Crippen molar-refractivity contribution in [3.63, 3.8) is 0 Å². The Labute approximate surface area is 387 Å². The van der Waals surface area contributed by atoms with Gasteiger partial charge in [0.25, 0.3) is 15.9 Å². The number of anilines is 2. The number of hydrogen-bond acceptors (Lipinski definition) is 9. The number of likely N-dealkylation sites (tertiary alicyclic amines) is 1. The Morgan fingerprint density at radius 2 is 1.71 bits per heavy atom. The molecule has 0 spiro atoms. The molecule has 0 atom stereocenters. The molecule has 9 rings (SSSR count). The van der Waals surface area contributed by atoms with E-state index in [9.17, 15) is 13.2 Å². The van der Waals surface area contributed by atoms with Gasteiger partial charge in [0.15, 0.2) is 0 Å². The number of aromatic nitrogens is 3. The molecular weight excluding hydrogens is 856 g/mol. The van der Waals surface area contributed by atoms with Crippen LogP contribution in [0.25, 0.3) is 16.5 Å². The summed E-state index contributed by atoms with van der Waals surface area (Å²) in [5.74, 6) is 0.0481. The lowest BCUT2D eigenvalue weighted by Gasteiger charge is -2.39. The van der Waals surface area contributed by atoms with E-state index < -0.39 is 15.9 Å². The third-order valence-electron chi connectivity index (χ3n) is 13.4. The normalized spacial score (nSPS) is 17.7. The molecule has 4 heterocycles. The second kappa shape index (κ2) is 19.1. The number of carbonyl (C=O) groups is 1. The molecule has 0 bridgehead atoms. The number of amides is 1. The lowest BCUT2D eigenvalue weighted by Crippen LogP contribution is -2.47. The number of nitrogens with one attached hydrogen (secondary N) is 3. The summed E-state index contributed by atoms with van der Waals surface area (Å²) >= 11 is 6.27. The number of aromatic amines is 1. The predicted octanol–water partition coefficient (Wildman–Crippen LogP) is 9.60. The van der Waals surface area contributed by atoms with Crippen LogP contribution >= 0.6 is 11.6 Å². The highest BCUT2D eigenvalue weighted by Crippen LogP contribution is 2.43. The van der Waals surface area contributed by atoms with Crippen LogP contribution in [0.2, 0.25) is 5.02 Å². The summed E-state index contributed by atoms with van der Waals surface area (Å²) in [5.41, 5.74) is 8.12. The number of sulfonamides is 1. The molecule has 2 aliphatic heterocycles. The maximum Gasteiger partial charge on any atom is 0.268 e. The Morgan fingerprint density at radius 3 is 2.46 bits per heavy atom. The van der Waals surface area contributed by atoms with E-state index in [-0.39, 0.29) is 27.7 Å². The Bertz CT molecular complexity index is 2770. The maximum atomic E-state index is 14.0. The van der Waals surface area contributed by atoms with Gasteiger partial charge in [0.1, 0.15) is 11.5 Å². The van der Waals surface area contributed by atoms with Crippen LogP contribution in [0, 0.1) is 12.3 Å². The van der Waals surface area contributed by atoms with Crippen LogP contribution in [0.3, 0.4) is 0 Å². The topological polar surface area (TPSA) is 128 Å². The number of allylic oxidation sites excluding steroid dienone is 1. The van der Waals surface area contributed by atoms with Crippen LogP contribution in [0.5, 0.6) is 11.5 Å². The monoisotopic (exact) mass is 914 g/mol. The first-order chi connectivity index (χ1) is 31.3. The van der Waals surface area contributed by atoms with Gasteiger partial charge < -0.3 is 24.8 Å². The molecule has 0 unspecified atom stereocenters. The summed E-state index contributed by atoms with van der Waals surface area (Å²) in [7, 11) is -4.23. The number of piperidine rings is 1. The van der Waals surface area contributed by atoms with Crippen LogP contribution in [0.4, 0.5) is 11.4 Å². The highest BCUT2D eigenvalue weighted by Gasteiger charge is 2.30.